The molecule has 4 heterocycles. The summed E-state index contributed by atoms with van der Waals surface area (Å²) in [5, 5.41) is 26.9. The SMILES string of the molecule is CCN1C(N)=NC(C2=C(C(=O)O)N3C(=O)[C@](C=S)(NC(=O)/C(=N\OCCC(=O)O)c4csc(N)n4)[C@H]3SC2)=C[C@@H]1N. The lowest BCUT2D eigenvalue weighted by Crippen LogP contribution is -2.81. The van der Waals surface area contributed by atoms with Gasteiger partial charge in [0, 0.05) is 28.6 Å². The molecule has 0 radical (unpaired) electrons. The smallest absolute Gasteiger partial charge is 0.353 e. The number of rotatable bonds is 11. The molecule has 16 nitrogen and oxygen atoms in total. The molecule has 2 amide bonds. The standard InChI is InChI=1S/C22H25N9O7S3/c1-2-30-12(23)5-10(26-20(30)24)9-6-40-19-22(8-39,18(37)31(19)15(9)17(35)36)28-16(34)14(11-7-41-21(25)27-11)29-38-4-3-13(32)33/h5,7-8,12,19H,2-4,6,23H2,1H3,(H2,24,26)(H2,25,27)(H,28,34)(H,32,33)(H,35,36)/b29-14-/t12-,19-,22+/m1/s1. The minimum atomic E-state index is -1.79. The zero-order valence-corrected chi connectivity index (χ0v) is 23.8. The van der Waals surface area contributed by atoms with Crippen LogP contribution in [0.15, 0.2) is 38.6 Å². The molecule has 19 heteroatoms. The second kappa shape index (κ2) is 11.8. The Bertz CT molecular complexity index is 1440. The predicted octanol–water partition coefficient (Wildman–Crippen LogP) is -1.15. The van der Waals surface area contributed by atoms with Crippen molar-refractivity contribution in [1.82, 2.24) is 20.1 Å². The number of thiocarbonyl (C=S) groups is 1. The molecule has 1 aromatic heterocycles. The van der Waals surface area contributed by atoms with Crippen LogP contribution in [0.2, 0.25) is 0 Å². The highest BCUT2D eigenvalue weighted by atomic mass is 32.2. The molecule has 3 aliphatic heterocycles. The molecule has 0 aromatic carbocycles. The summed E-state index contributed by atoms with van der Waals surface area (Å²) in [7, 11) is 0. The van der Waals surface area contributed by atoms with Gasteiger partial charge in [-0.05, 0) is 13.0 Å². The number of nitrogens with one attached hydrogen (secondary N) is 1. The van der Waals surface area contributed by atoms with Crippen molar-refractivity contribution in [1.29, 1.82) is 0 Å². The Kier molecular flexibility index (Phi) is 8.61. The van der Waals surface area contributed by atoms with Crippen LogP contribution in [0, 0.1) is 0 Å². The third-order valence-electron chi connectivity index (χ3n) is 6.23. The Morgan fingerprint density at radius 2 is 2.10 bits per heavy atom. The van der Waals surface area contributed by atoms with Crippen molar-refractivity contribution >= 4 is 81.2 Å². The van der Waals surface area contributed by atoms with Gasteiger partial charge in [0.25, 0.3) is 11.8 Å². The van der Waals surface area contributed by atoms with E-state index in [0.29, 0.717) is 6.54 Å². The molecule has 0 saturated carbocycles. The van der Waals surface area contributed by atoms with Crippen LogP contribution in [0.4, 0.5) is 5.13 Å². The molecule has 0 unspecified atom stereocenters. The van der Waals surface area contributed by atoms with E-state index in [9.17, 15) is 24.3 Å². The van der Waals surface area contributed by atoms with Gasteiger partial charge < -0.3 is 42.5 Å². The van der Waals surface area contributed by atoms with Crippen LogP contribution in [0.5, 0.6) is 0 Å². The van der Waals surface area contributed by atoms with Crippen LogP contribution >= 0.6 is 35.3 Å². The van der Waals surface area contributed by atoms with Crippen molar-refractivity contribution in [2.24, 2.45) is 21.6 Å². The number of hydrogen-bond donors (Lipinski definition) is 6. The second-order valence-corrected chi connectivity index (χ2v) is 10.9. The number of nitrogens with two attached hydrogens (primary N) is 3. The van der Waals surface area contributed by atoms with Gasteiger partial charge in [0.1, 0.15) is 29.5 Å². The summed E-state index contributed by atoms with van der Waals surface area (Å²) < 4.78 is 0. The number of aliphatic carboxylic acids is 2. The van der Waals surface area contributed by atoms with Gasteiger partial charge in [-0.15, -0.1) is 23.1 Å². The number of anilines is 1. The van der Waals surface area contributed by atoms with Crippen molar-refractivity contribution < 1.29 is 34.2 Å². The lowest BCUT2D eigenvalue weighted by molar-refractivity contribution is -0.153. The Labute approximate surface area is 245 Å². The maximum atomic E-state index is 13.6. The first-order valence-corrected chi connectivity index (χ1v) is 14.3. The van der Waals surface area contributed by atoms with Crippen molar-refractivity contribution in [2.75, 3.05) is 24.6 Å². The number of allylic oxidation sites excluding steroid dienone is 1. The molecule has 9 N–H and O–H groups in total. The molecule has 0 spiro atoms. The van der Waals surface area contributed by atoms with E-state index >= 15 is 0 Å². The zero-order valence-electron chi connectivity index (χ0n) is 21.3. The zero-order chi connectivity index (χ0) is 30.1. The Balaban J connectivity index is 1.64. The summed E-state index contributed by atoms with van der Waals surface area (Å²) in [4.78, 5) is 66.1. The van der Waals surface area contributed by atoms with Crippen LogP contribution in [0.1, 0.15) is 19.0 Å². The topological polar surface area (TPSA) is 252 Å². The van der Waals surface area contributed by atoms with Crippen LogP contribution in [-0.2, 0) is 24.0 Å². The van der Waals surface area contributed by atoms with Crippen molar-refractivity contribution in [3.63, 3.8) is 0 Å². The first-order valence-electron chi connectivity index (χ1n) is 11.9. The molecule has 0 aliphatic carbocycles. The number of aliphatic imine (C=N–C) groups is 1. The largest absolute Gasteiger partial charge is 0.481 e. The number of carbonyl (C=O) groups is 4. The highest BCUT2D eigenvalue weighted by Gasteiger charge is 2.65. The minimum absolute atomic E-state index is 0.0188. The Morgan fingerprint density at radius 3 is 2.66 bits per heavy atom. The van der Waals surface area contributed by atoms with Crippen molar-refractivity contribution in [2.45, 2.75) is 30.4 Å². The number of thioether (sulfide) groups is 1. The molecular weight excluding hydrogens is 598 g/mol. The lowest BCUT2D eigenvalue weighted by atomic mass is 9.87. The van der Waals surface area contributed by atoms with Crippen LogP contribution in [0.3, 0.4) is 0 Å². The maximum absolute atomic E-state index is 13.6. The number of thiazole rings is 1. The molecule has 1 fully saturated rings. The third kappa shape index (κ3) is 5.47. The summed E-state index contributed by atoms with van der Waals surface area (Å²) in [5.74, 6) is -4.06. The van der Waals surface area contributed by atoms with Crippen LogP contribution in [0.25, 0.3) is 0 Å². The first kappa shape index (κ1) is 29.9. The fourth-order valence-electron chi connectivity index (χ4n) is 4.29. The van der Waals surface area contributed by atoms with E-state index in [-0.39, 0.29) is 58.2 Å². The molecule has 41 heavy (non-hydrogen) atoms. The van der Waals surface area contributed by atoms with Crippen LogP contribution in [-0.4, -0.2) is 102 Å². The number of hydrogen-bond acceptors (Lipinski definition) is 15. The van der Waals surface area contributed by atoms with E-state index in [2.05, 4.69) is 20.4 Å². The van der Waals surface area contributed by atoms with Gasteiger partial charge >= 0.3 is 11.9 Å². The average molecular weight is 624 g/mol. The predicted molar refractivity (Wildman–Crippen MR) is 154 cm³/mol. The fraction of sp³-hybridized carbons (Fsp3) is 0.364. The number of fused-ring (bicyclic) bond motifs is 1. The third-order valence-corrected chi connectivity index (χ3v) is 8.63. The Hall–Kier alpha value is -4.07. The number of carbonyl (C=O) groups excluding carboxylic acids is 2. The number of carboxylic acids is 2. The van der Waals surface area contributed by atoms with Crippen molar-refractivity contribution in [3.8, 4) is 0 Å². The second-order valence-electron chi connectivity index (χ2n) is 8.70. The number of amides is 2. The highest BCUT2D eigenvalue weighted by molar-refractivity contribution is 8.00. The maximum Gasteiger partial charge on any atom is 0.353 e. The number of β-lactam (4-membered cyclic amide) rings is 1. The monoisotopic (exact) mass is 623 g/mol. The lowest BCUT2D eigenvalue weighted by Gasteiger charge is -2.55. The van der Waals surface area contributed by atoms with Crippen LogP contribution < -0.4 is 22.5 Å². The number of guanidine groups is 1. The van der Waals surface area contributed by atoms with E-state index in [4.69, 9.17) is 39.4 Å². The highest BCUT2D eigenvalue weighted by Crippen LogP contribution is 2.47. The van der Waals surface area contributed by atoms with Gasteiger partial charge in [-0.1, -0.05) is 17.4 Å². The average Bonchev–Trinajstić information content (AvgIpc) is 3.35. The molecule has 4 rings (SSSR count). The molecule has 0 bridgehead atoms. The molecule has 1 aromatic rings. The van der Waals surface area contributed by atoms with E-state index in [1.807, 2.05) is 6.92 Å². The van der Waals surface area contributed by atoms with Gasteiger partial charge in [-0.25, -0.2) is 14.8 Å². The van der Waals surface area contributed by atoms with E-state index < -0.39 is 40.8 Å². The van der Waals surface area contributed by atoms with E-state index in [1.54, 1.807) is 11.0 Å². The molecule has 3 aliphatic rings. The van der Waals surface area contributed by atoms with Gasteiger partial charge in [-0.3, -0.25) is 19.3 Å². The summed E-state index contributed by atoms with van der Waals surface area (Å²) in [6, 6.07) is 0. The number of likely N-dealkylation sites (N-methyl/N-ethyl adjacent to an activating group) is 1. The molecular formula is C22H25N9O7S3. The van der Waals surface area contributed by atoms with Gasteiger partial charge in [0.05, 0.1) is 12.1 Å². The van der Waals surface area contributed by atoms with E-state index in [1.165, 1.54) is 5.38 Å². The quantitative estimate of drug-likeness (QED) is 0.0560. The Morgan fingerprint density at radius 1 is 1.37 bits per heavy atom. The summed E-state index contributed by atoms with van der Waals surface area (Å²) in [5.41, 5.74) is 15.9. The van der Waals surface area contributed by atoms with Gasteiger partial charge in [0.15, 0.2) is 22.3 Å². The van der Waals surface area contributed by atoms with Gasteiger partial charge in [0.2, 0.25) is 0 Å². The number of nitrogen functional groups attached to an aromatic ring is 1. The summed E-state index contributed by atoms with van der Waals surface area (Å²) >= 11 is 7.32. The van der Waals surface area contributed by atoms with E-state index in [0.717, 1.165) is 33.4 Å². The summed E-state index contributed by atoms with van der Waals surface area (Å²) in [6.45, 7) is 1.98. The number of nitrogens with zero attached hydrogens (tertiary/aromatic N) is 5. The number of carboxylic acid groups (broad SMARTS) is 2. The first-order chi connectivity index (χ1) is 19.4. The fourth-order valence-corrected chi connectivity index (χ4v) is 6.66. The number of aromatic nitrogens is 1. The summed E-state index contributed by atoms with van der Waals surface area (Å²) in [6.07, 6.45) is 0.525. The minimum Gasteiger partial charge on any atom is -0.481 e. The molecule has 1 saturated heterocycles. The van der Waals surface area contributed by atoms with Gasteiger partial charge in [-0.2, -0.15) is 0 Å². The normalized spacial score (nSPS) is 24.1. The van der Waals surface area contributed by atoms with Crippen molar-refractivity contribution in [3.05, 3.63) is 34.1 Å². The molecule has 3 atom stereocenters. The number of oxime groups is 1. The molecule has 218 valence electrons.